The Hall–Kier alpha value is -1.45. The summed E-state index contributed by atoms with van der Waals surface area (Å²) >= 11 is 0. The van der Waals surface area contributed by atoms with Gasteiger partial charge in [0.1, 0.15) is 5.75 Å². The maximum absolute atomic E-state index is 11.8. The molecule has 0 N–H and O–H groups in total. The highest BCUT2D eigenvalue weighted by Gasteiger charge is 2.25. The van der Waals surface area contributed by atoms with E-state index in [9.17, 15) is 13.2 Å². The van der Waals surface area contributed by atoms with Crippen LogP contribution in [0, 0.1) is 0 Å². The van der Waals surface area contributed by atoms with Gasteiger partial charge in [0, 0.05) is 6.42 Å². The molecule has 0 aliphatic rings. The molecule has 0 saturated heterocycles. The zero-order chi connectivity index (χ0) is 12.0. The van der Waals surface area contributed by atoms with Gasteiger partial charge in [0.2, 0.25) is 0 Å². The maximum atomic E-state index is 11.8. The molecule has 0 fully saturated rings. The molecule has 4 heteroatoms. The highest BCUT2D eigenvalue weighted by Crippen LogP contribution is 2.21. The second kappa shape index (κ2) is 5.58. The standard InChI is InChI=1S/C12H13F3O/c1-2-10-4-6-11(7-5-10)16-9-3-8-12(13,14)15/h2,4-7H,1,3,8-9H2. The normalized spacial score (nSPS) is 11.2. The summed E-state index contributed by atoms with van der Waals surface area (Å²) < 4.78 is 40.6. The molecule has 0 saturated carbocycles. The number of halogens is 3. The molecule has 1 nitrogen and oxygen atoms in total. The first-order valence-corrected chi connectivity index (χ1v) is 4.93. The Morgan fingerprint density at radius 1 is 1.19 bits per heavy atom. The van der Waals surface area contributed by atoms with Crippen LogP contribution in [0.2, 0.25) is 0 Å². The molecule has 0 aromatic heterocycles. The lowest BCUT2D eigenvalue weighted by Gasteiger charge is -2.08. The molecule has 88 valence electrons. The molecule has 0 amide bonds. The van der Waals surface area contributed by atoms with E-state index in [2.05, 4.69) is 6.58 Å². The smallest absolute Gasteiger partial charge is 0.389 e. The van der Waals surface area contributed by atoms with Gasteiger partial charge in [-0.1, -0.05) is 24.8 Å². The highest BCUT2D eigenvalue weighted by atomic mass is 19.4. The zero-order valence-corrected chi connectivity index (χ0v) is 8.76. The monoisotopic (exact) mass is 230 g/mol. The van der Waals surface area contributed by atoms with Gasteiger partial charge in [0.25, 0.3) is 0 Å². The van der Waals surface area contributed by atoms with Crippen molar-refractivity contribution in [1.82, 2.24) is 0 Å². The van der Waals surface area contributed by atoms with Crippen molar-refractivity contribution < 1.29 is 17.9 Å². The number of hydrogen-bond donors (Lipinski definition) is 0. The van der Waals surface area contributed by atoms with Gasteiger partial charge in [-0.2, -0.15) is 13.2 Å². The SMILES string of the molecule is C=Cc1ccc(OCCCC(F)(F)F)cc1. The van der Waals surface area contributed by atoms with Crippen molar-refractivity contribution in [1.29, 1.82) is 0 Å². The van der Waals surface area contributed by atoms with Crippen LogP contribution in [0.4, 0.5) is 13.2 Å². The molecule has 0 aliphatic carbocycles. The van der Waals surface area contributed by atoms with Gasteiger partial charge < -0.3 is 4.74 Å². The van der Waals surface area contributed by atoms with Crippen LogP contribution in [-0.2, 0) is 0 Å². The van der Waals surface area contributed by atoms with Crippen molar-refractivity contribution in [3.8, 4) is 5.75 Å². The Kier molecular flexibility index (Phi) is 4.40. The van der Waals surface area contributed by atoms with Crippen LogP contribution in [0.25, 0.3) is 6.08 Å². The van der Waals surface area contributed by atoms with Crippen LogP contribution in [0.1, 0.15) is 18.4 Å². The lowest BCUT2D eigenvalue weighted by molar-refractivity contribution is -0.136. The Bertz CT molecular complexity index is 327. The van der Waals surface area contributed by atoms with E-state index in [1.165, 1.54) is 0 Å². The first-order valence-electron chi connectivity index (χ1n) is 4.93. The lowest BCUT2D eigenvalue weighted by Crippen LogP contribution is -2.09. The van der Waals surface area contributed by atoms with Crippen molar-refractivity contribution in [3.05, 3.63) is 36.4 Å². The van der Waals surface area contributed by atoms with Crippen LogP contribution in [0.3, 0.4) is 0 Å². The molecule has 0 heterocycles. The summed E-state index contributed by atoms with van der Waals surface area (Å²) in [5.74, 6) is 0.577. The van der Waals surface area contributed by atoms with Crippen molar-refractivity contribution in [2.45, 2.75) is 19.0 Å². The molecule has 0 aliphatic heterocycles. The lowest BCUT2D eigenvalue weighted by atomic mass is 10.2. The second-order valence-corrected chi connectivity index (χ2v) is 3.34. The van der Waals surface area contributed by atoms with Gasteiger partial charge in [-0.3, -0.25) is 0 Å². The van der Waals surface area contributed by atoms with E-state index in [0.717, 1.165) is 5.56 Å². The van der Waals surface area contributed by atoms with Gasteiger partial charge in [0.05, 0.1) is 6.61 Å². The molecular weight excluding hydrogens is 217 g/mol. The van der Waals surface area contributed by atoms with E-state index < -0.39 is 12.6 Å². The topological polar surface area (TPSA) is 9.23 Å². The molecule has 1 aromatic carbocycles. The number of rotatable bonds is 5. The molecule has 1 aromatic rings. The molecule has 0 bridgehead atoms. The van der Waals surface area contributed by atoms with E-state index in [1.54, 1.807) is 30.3 Å². The maximum Gasteiger partial charge on any atom is 0.389 e. The van der Waals surface area contributed by atoms with E-state index in [1.807, 2.05) is 0 Å². The summed E-state index contributed by atoms with van der Waals surface area (Å²) in [7, 11) is 0. The molecule has 0 radical (unpaired) electrons. The first kappa shape index (κ1) is 12.6. The van der Waals surface area contributed by atoms with Crippen molar-refractivity contribution in [2.75, 3.05) is 6.61 Å². The number of hydrogen-bond acceptors (Lipinski definition) is 1. The van der Waals surface area contributed by atoms with Crippen molar-refractivity contribution in [3.63, 3.8) is 0 Å². The van der Waals surface area contributed by atoms with E-state index in [-0.39, 0.29) is 13.0 Å². The summed E-state index contributed by atoms with van der Waals surface area (Å²) in [5.41, 5.74) is 0.947. The third-order valence-electron chi connectivity index (χ3n) is 1.99. The van der Waals surface area contributed by atoms with Crippen LogP contribution in [0.5, 0.6) is 5.75 Å². The number of alkyl halides is 3. The predicted octanol–water partition coefficient (Wildman–Crippen LogP) is 4.05. The van der Waals surface area contributed by atoms with Crippen molar-refractivity contribution >= 4 is 6.08 Å². The summed E-state index contributed by atoms with van der Waals surface area (Å²) in [6.45, 7) is 3.67. The average Bonchev–Trinajstić information content (AvgIpc) is 2.24. The predicted molar refractivity (Wildman–Crippen MR) is 57.3 cm³/mol. The number of ether oxygens (including phenoxy) is 1. The summed E-state index contributed by atoms with van der Waals surface area (Å²) in [4.78, 5) is 0. The number of benzene rings is 1. The van der Waals surface area contributed by atoms with Gasteiger partial charge in [-0.05, 0) is 24.1 Å². The van der Waals surface area contributed by atoms with Crippen LogP contribution in [0.15, 0.2) is 30.8 Å². The van der Waals surface area contributed by atoms with Gasteiger partial charge in [0.15, 0.2) is 0 Å². The highest BCUT2D eigenvalue weighted by molar-refractivity contribution is 5.48. The average molecular weight is 230 g/mol. The third kappa shape index (κ3) is 4.87. The summed E-state index contributed by atoms with van der Waals surface area (Å²) in [6, 6.07) is 7.02. The van der Waals surface area contributed by atoms with Gasteiger partial charge in [-0.15, -0.1) is 0 Å². The molecule has 0 atom stereocenters. The third-order valence-corrected chi connectivity index (χ3v) is 1.99. The Labute approximate surface area is 92.5 Å². The Balaban J connectivity index is 2.29. The van der Waals surface area contributed by atoms with Crippen LogP contribution in [-0.4, -0.2) is 12.8 Å². The fraction of sp³-hybridized carbons (Fsp3) is 0.333. The van der Waals surface area contributed by atoms with Crippen LogP contribution >= 0.6 is 0 Å². The molecular formula is C12H13F3O. The van der Waals surface area contributed by atoms with Crippen molar-refractivity contribution in [2.24, 2.45) is 0 Å². The largest absolute Gasteiger partial charge is 0.494 e. The fourth-order valence-electron chi connectivity index (χ4n) is 1.16. The Morgan fingerprint density at radius 3 is 2.31 bits per heavy atom. The minimum Gasteiger partial charge on any atom is -0.494 e. The minimum absolute atomic E-state index is 0.0211. The van der Waals surface area contributed by atoms with Crippen LogP contribution < -0.4 is 4.74 Å². The molecule has 0 spiro atoms. The summed E-state index contributed by atoms with van der Waals surface area (Å²) in [5, 5.41) is 0. The van der Waals surface area contributed by atoms with Gasteiger partial charge in [-0.25, -0.2) is 0 Å². The molecule has 1 rings (SSSR count). The van der Waals surface area contributed by atoms with E-state index in [0.29, 0.717) is 5.75 Å². The second-order valence-electron chi connectivity index (χ2n) is 3.34. The zero-order valence-electron chi connectivity index (χ0n) is 8.76. The summed E-state index contributed by atoms with van der Waals surface area (Å²) in [6.07, 6.45) is -3.24. The molecule has 16 heavy (non-hydrogen) atoms. The molecule has 0 unspecified atom stereocenters. The fourth-order valence-corrected chi connectivity index (χ4v) is 1.16. The van der Waals surface area contributed by atoms with Gasteiger partial charge >= 0.3 is 6.18 Å². The van der Waals surface area contributed by atoms with E-state index >= 15 is 0 Å². The first-order chi connectivity index (χ1) is 7.51. The quantitative estimate of drug-likeness (QED) is 0.693. The minimum atomic E-state index is -4.10. The van der Waals surface area contributed by atoms with E-state index in [4.69, 9.17) is 4.74 Å². The Morgan fingerprint density at radius 2 is 1.81 bits per heavy atom.